The van der Waals surface area contributed by atoms with Crippen molar-refractivity contribution in [2.24, 2.45) is 0 Å². The van der Waals surface area contributed by atoms with Crippen LogP contribution in [0.1, 0.15) is 56.6 Å². The summed E-state index contributed by atoms with van der Waals surface area (Å²) in [6.07, 6.45) is 6.69. The van der Waals surface area contributed by atoms with Crippen LogP contribution in [0.3, 0.4) is 0 Å². The van der Waals surface area contributed by atoms with Crippen LogP contribution < -0.4 is 14.4 Å². The highest BCUT2D eigenvalue weighted by Crippen LogP contribution is 2.25. The summed E-state index contributed by atoms with van der Waals surface area (Å²) < 4.78 is 31.9. The van der Waals surface area contributed by atoms with Gasteiger partial charge in [-0.15, -0.1) is 0 Å². The Labute approximate surface area is 221 Å². The van der Waals surface area contributed by atoms with Gasteiger partial charge in [0.2, 0.25) is 21.8 Å². The van der Waals surface area contributed by atoms with Crippen LogP contribution in [0.5, 0.6) is 5.75 Å². The highest BCUT2D eigenvalue weighted by molar-refractivity contribution is 7.92. The van der Waals surface area contributed by atoms with E-state index in [-0.39, 0.29) is 18.5 Å². The number of benzene rings is 2. The first-order chi connectivity index (χ1) is 17.6. The predicted molar refractivity (Wildman–Crippen MR) is 146 cm³/mol. The van der Waals surface area contributed by atoms with Gasteiger partial charge < -0.3 is 15.0 Å². The summed E-state index contributed by atoms with van der Waals surface area (Å²) in [4.78, 5) is 28.8. The van der Waals surface area contributed by atoms with E-state index in [4.69, 9.17) is 4.74 Å². The number of hydrogen-bond acceptors (Lipinski definition) is 5. The fraction of sp³-hybridized carbons (Fsp3) is 0.500. The first kappa shape index (κ1) is 28.5. The van der Waals surface area contributed by atoms with Crippen molar-refractivity contribution in [2.45, 2.75) is 71.0 Å². The van der Waals surface area contributed by atoms with Gasteiger partial charge in [0.1, 0.15) is 18.3 Å². The van der Waals surface area contributed by atoms with E-state index in [1.165, 1.54) is 18.4 Å². The Morgan fingerprint density at radius 2 is 1.78 bits per heavy atom. The third-order valence-corrected chi connectivity index (χ3v) is 8.10. The molecule has 1 aliphatic rings. The molecule has 0 bridgehead atoms. The zero-order valence-corrected chi connectivity index (χ0v) is 23.1. The Morgan fingerprint density at radius 1 is 1.08 bits per heavy atom. The van der Waals surface area contributed by atoms with Crippen LogP contribution >= 0.6 is 0 Å². The molecule has 2 amide bonds. The molecule has 1 atom stereocenters. The summed E-state index contributed by atoms with van der Waals surface area (Å²) in [5.74, 6) is -0.153. The van der Waals surface area contributed by atoms with Crippen molar-refractivity contribution < 1.29 is 22.7 Å². The lowest BCUT2D eigenvalue weighted by molar-refractivity contribution is -0.140. The van der Waals surface area contributed by atoms with Gasteiger partial charge in [0.15, 0.2) is 0 Å². The second kappa shape index (κ2) is 12.9. The summed E-state index contributed by atoms with van der Waals surface area (Å²) in [7, 11) is -2.30. The van der Waals surface area contributed by atoms with E-state index in [0.717, 1.165) is 47.4 Å². The maximum Gasteiger partial charge on any atom is 0.244 e. The summed E-state index contributed by atoms with van der Waals surface area (Å²) in [6.45, 7) is 3.61. The van der Waals surface area contributed by atoms with E-state index in [1.807, 2.05) is 38.1 Å². The molecule has 0 unspecified atom stereocenters. The van der Waals surface area contributed by atoms with Crippen molar-refractivity contribution in [2.75, 3.05) is 24.2 Å². The molecule has 0 spiro atoms. The number of aryl methyl sites for hydroxylation is 1. The van der Waals surface area contributed by atoms with Gasteiger partial charge in [0, 0.05) is 18.7 Å². The largest absolute Gasteiger partial charge is 0.497 e. The van der Waals surface area contributed by atoms with Crippen molar-refractivity contribution in [1.29, 1.82) is 0 Å². The van der Waals surface area contributed by atoms with E-state index < -0.39 is 28.5 Å². The van der Waals surface area contributed by atoms with Gasteiger partial charge in [-0.25, -0.2) is 8.42 Å². The molecule has 1 saturated carbocycles. The zero-order chi connectivity index (χ0) is 27.0. The highest BCUT2D eigenvalue weighted by Gasteiger charge is 2.33. The Balaban J connectivity index is 1.93. The smallest absolute Gasteiger partial charge is 0.244 e. The van der Waals surface area contributed by atoms with Crippen LogP contribution in [0.2, 0.25) is 0 Å². The van der Waals surface area contributed by atoms with Crippen molar-refractivity contribution in [3.8, 4) is 5.75 Å². The first-order valence-electron chi connectivity index (χ1n) is 12.9. The molecule has 8 nitrogen and oxygen atoms in total. The van der Waals surface area contributed by atoms with E-state index in [1.54, 1.807) is 24.3 Å². The minimum Gasteiger partial charge on any atom is -0.497 e. The summed E-state index contributed by atoms with van der Waals surface area (Å²) >= 11 is 0. The Hall–Kier alpha value is -3.07. The van der Waals surface area contributed by atoms with E-state index in [9.17, 15) is 18.0 Å². The van der Waals surface area contributed by atoms with Crippen LogP contribution in [0.4, 0.5) is 5.69 Å². The number of carbonyl (C=O) groups excluding carboxylic acids is 2. The quantitative estimate of drug-likeness (QED) is 0.474. The molecule has 0 heterocycles. The highest BCUT2D eigenvalue weighted by atomic mass is 32.2. The lowest BCUT2D eigenvalue weighted by atomic mass is 9.95. The summed E-state index contributed by atoms with van der Waals surface area (Å²) in [6, 6.07) is 13.7. The minimum atomic E-state index is -3.80. The van der Waals surface area contributed by atoms with Gasteiger partial charge in [0.25, 0.3) is 0 Å². The number of nitrogens with zero attached hydrogens (tertiary/aromatic N) is 2. The maximum absolute atomic E-state index is 13.8. The van der Waals surface area contributed by atoms with E-state index in [0.29, 0.717) is 17.9 Å². The molecule has 0 aliphatic heterocycles. The molecule has 3 rings (SSSR count). The Bertz CT molecular complexity index is 1180. The fourth-order valence-electron chi connectivity index (χ4n) is 4.81. The Kier molecular flexibility index (Phi) is 9.97. The number of ether oxygens (including phenoxy) is 1. The summed E-state index contributed by atoms with van der Waals surface area (Å²) in [5.41, 5.74) is 2.23. The van der Waals surface area contributed by atoms with Crippen LogP contribution in [0.25, 0.3) is 0 Å². The monoisotopic (exact) mass is 529 g/mol. The average molecular weight is 530 g/mol. The molecule has 202 valence electrons. The van der Waals surface area contributed by atoms with Gasteiger partial charge in [-0.05, 0) is 49.4 Å². The molecule has 0 aromatic heterocycles. The van der Waals surface area contributed by atoms with Crippen molar-refractivity contribution in [3.05, 3.63) is 59.7 Å². The molecule has 1 N–H and O–H groups in total. The number of hydrogen-bond donors (Lipinski definition) is 1. The molecule has 2 aromatic carbocycles. The van der Waals surface area contributed by atoms with Crippen LogP contribution in [-0.4, -0.2) is 57.1 Å². The standard InChI is InChI=1S/C28H39N3O5S/c1-5-26(28(33)29-23-14-7-6-8-15-23)30(19-22-13-10-9-12-21(22)2)27(32)20-31(37(4,34)35)24-16-11-17-25(18-24)36-3/h9-13,16-18,23,26H,5-8,14-15,19-20H2,1-4H3,(H,29,33)/t26-/m0/s1. The van der Waals surface area contributed by atoms with Gasteiger partial charge in [-0.2, -0.15) is 0 Å². The topological polar surface area (TPSA) is 96.0 Å². The number of anilines is 1. The Morgan fingerprint density at radius 3 is 2.41 bits per heavy atom. The summed E-state index contributed by atoms with van der Waals surface area (Å²) in [5, 5.41) is 3.15. The zero-order valence-electron chi connectivity index (χ0n) is 22.3. The number of rotatable bonds is 11. The number of amides is 2. The van der Waals surface area contributed by atoms with Crippen molar-refractivity contribution in [3.63, 3.8) is 0 Å². The van der Waals surface area contributed by atoms with Crippen LogP contribution in [0.15, 0.2) is 48.5 Å². The van der Waals surface area contributed by atoms with Crippen molar-refractivity contribution >= 4 is 27.5 Å². The van der Waals surface area contributed by atoms with Crippen LogP contribution in [0, 0.1) is 6.92 Å². The fourth-order valence-corrected chi connectivity index (χ4v) is 5.66. The molecule has 1 aliphatic carbocycles. The van der Waals surface area contributed by atoms with Crippen molar-refractivity contribution in [1.82, 2.24) is 10.2 Å². The average Bonchev–Trinajstić information content (AvgIpc) is 2.88. The predicted octanol–water partition coefficient (Wildman–Crippen LogP) is 4.03. The molecule has 0 radical (unpaired) electrons. The SMILES string of the molecule is CC[C@@H](C(=O)NC1CCCCC1)N(Cc1ccccc1C)C(=O)CN(c1cccc(OC)c1)S(C)(=O)=O. The third-order valence-electron chi connectivity index (χ3n) is 6.96. The number of carbonyl (C=O) groups is 2. The van der Waals surface area contributed by atoms with Crippen LogP contribution in [-0.2, 0) is 26.2 Å². The van der Waals surface area contributed by atoms with Gasteiger partial charge in [0.05, 0.1) is 19.1 Å². The van der Waals surface area contributed by atoms with Gasteiger partial charge in [-0.1, -0.05) is 56.5 Å². The van der Waals surface area contributed by atoms with Gasteiger partial charge in [-0.3, -0.25) is 13.9 Å². The third kappa shape index (κ3) is 7.71. The molecule has 0 saturated heterocycles. The van der Waals surface area contributed by atoms with E-state index >= 15 is 0 Å². The number of sulfonamides is 1. The van der Waals surface area contributed by atoms with Gasteiger partial charge >= 0.3 is 0 Å². The minimum absolute atomic E-state index is 0.106. The molecule has 9 heteroatoms. The molecule has 1 fully saturated rings. The number of nitrogens with one attached hydrogen (secondary N) is 1. The molecular formula is C28H39N3O5S. The lowest BCUT2D eigenvalue weighted by Gasteiger charge is -2.34. The maximum atomic E-state index is 13.8. The first-order valence-corrected chi connectivity index (χ1v) is 14.7. The number of methoxy groups -OCH3 is 1. The second-order valence-electron chi connectivity index (χ2n) is 9.69. The molecule has 2 aromatic rings. The van der Waals surface area contributed by atoms with E-state index in [2.05, 4.69) is 5.32 Å². The lowest BCUT2D eigenvalue weighted by Crippen LogP contribution is -2.54. The second-order valence-corrected chi connectivity index (χ2v) is 11.6. The molecular weight excluding hydrogens is 490 g/mol. The molecule has 37 heavy (non-hydrogen) atoms. The normalized spacial score (nSPS) is 15.0.